The van der Waals surface area contributed by atoms with Crippen LogP contribution in [0.2, 0.25) is 0 Å². The lowest BCUT2D eigenvalue weighted by Crippen LogP contribution is -2.27. The second-order valence-electron chi connectivity index (χ2n) is 4.87. The van der Waals surface area contributed by atoms with Gasteiger partial charge in [0, 0.05) is 24.2 Å². The van der Waals surface area contributed by atoms with Gasteiger partial charge in [0.15, 0.2) is 0 Å². The first-order valence-electron chi connectivity index (χ1n) is 6.64. The lowest BCUT2D eigenvalue weighted by atomic mass is 9.86. The lowest BCUT2D eigenvalue weighted by Gasteiger charge is -2.29. The summed E-state index contributed by atoms with van der Waals surface area (Å²) in [7, 11) is 0. The van der Waals surface area contributed by atoms with Crippen molar-refractivity contribution in [2.24, 2.45) is 0 Å². The molecule has 1 N–H and O–H groups in total. The van der Waals surface area contributed by atoms with Gasteiger partial charge < -0.3 is 9.84 Å². The van der Waals surface area contributed by atoms with Gasteiger partial charge in [-0.2, -0.15) is 0 Å². The summed E-state index contributed by atoms with van der Waals surface area (Å²) in [6.07, 6.45) is 2.78. The molecule has 2 heterocycles. The van der Waals surface area contributed by atoms with E-state index in [-0.39, 0.29) is 5.92 Å². The Kier molecular flexibility index (Phi) is 3.47. The number of hydrogen-bond donors (Lipinski definition) is 1. The molecule has 0 bridgehead atoms. The van der Waals surface area contributed by atoms with Gasteiger partial charge in [-0.15, -0.1) is 0 Å². The van der Waals surface area contributed by atoms with Crippen LogP contribution in [0.4, 0.5) is 0 Å². The third-order valence-electron chi connectivity index (χ3n) is 3.61. The Morgan fingerprint density at radius 2 is 2.05 bits per heavy atom. The van der Waals surface area contributed by atoms with E-state index >= 15 is 0 Å². The molecule has 2 aromatic rings. The molecule has 1 aliphatic rings. The first-order chi connectivity index (χ1) is 9.34. The van der Waals surface area contributed by atoms with E-state index in [2.05, 4.69) is 4.98 Å². The number of aliphatic hydroxyl groups excluding tert-OH is 1. The summed E-state index contributed by atoms with van der Waals surface area (Å²) in [5.74, 6) is 1.03. The van der Waals surface area contributed by atoms with Gasteiger partial charge in [-0.25, -0.2) is 0 Å². The van der Waals surface area contributed by atoms with E-state index in [4.69, 9.17) is 4.74 Å². The zero-order valence-corrected chi connectivity index (χ0v) is 10.7. The van der Waals surface area contributed by atoms with Crippen molar-refractivity contribution in [1.82, 2.24) is 4.98 Å². The number of hydrogen-bond acceptors (Lipinski definition) is 3. The molecule has 3 nitrogen and oxygen atoms in total. The summed E-state index contributed by atoms with van der Waals surface area (Å²) in [5, 5.41) is 10.5. The highest BCUT2D eigenvalue weighted by molar-refractivity contribution is 5.38. The number of rotatable bonds is 3. The number of fused-ring (bicyclic) bond motifs is 1. The van der Waals surface area contributed by atoms with E-state index in [0.29, 0.717) is 13.0 Å². The predicted molar refractivity (Wildman–Crippen MR) is 73.2 cm³/mol. The number of aliphatic hydroxyl groups is 1. The molecule has 19 heavy (non-hydrogen) atoms. The van der Waals surface area contributed by atoms with Crippen molar-refractivity contribution in [2.45, 2.75) is 24.9 Å². The van der Waals surface area contributed by atoms with Crippen LogP contribution >= 0.6 is 0 Å². The quantitative estimate of drug-likeness (QED) is 0.916. The minimum atomic E-state index is -0.417. The smallest absolute Gasteiger partial charge is 0.122 e. The maximum atomic E-state index is 10.5. The summed E-state index contributed by atoms with van der Waals surface area (Å²) in [4.78, 5) is 4.28. The van der Waals surface area contributed by atoms with E-state index in [0.717, 1.165) is 23.4 Å². The second kappa shape index (κ2) is 5.41. The van der Waals surface area contributed by atoms with Crippen molar-refractivity contribution in [3.05, 3.63) is 59.9 Å². The van der Waals surface area contributed by atoms with Crippen LogP contribution in [0.25, 0.3) is 0 Å². The lowest BCUT2D eigenvalue weighted by molar-refractivity contribution is 0.116. The predicted octanol–water partition coefficient (Wildman–Crippen LogP) is 2.55. The van der Waals surface area contributed by atoms with E-state index in [1.807, 2.05) is 42.5 Å². The zero-order chi connectivity index (χ0) is 13.1. The van der Waals surface area contributed by atoms with Gasteiger partial charge in [-0.05, 0) is 30.2 Å². The van der Waals surface area contributed by atoms with Crippen LogP contribution in [-0.4, -0.2) is 22.8 Å². The fraction of sp³-hybridized carbons (Fsp3) is 0.312. The first kappa shape index (κ1) is 12.2. The highest BCUT2D eigenvalue weighted by Gasteiger charge is 2.27. The van der Waals surface area contributed by atoms with Gasteiger partial charge in [0.25, 0.3) is 0 Å². The first-order valence-corrected chi connectivity index (χ1v) is 6.64. The van der Waals surface area contributed by atoms with Gasteiger partial charge in [0.05, 0.1) is 12.7 Å². The van der Waals surface area contributed by atoms with Crippen molar-refractivity contribution in [3.63, 3.8) is 0 Å². The molecule has 3 heteroatoms. The summed E-state index contributed by atoms with van der Waals surface area (Å²) in [6, 6.07) is 13.8. The van der Waals surface area contributed by atoms with Gasteiger partial charge in [-0.1, -0.05) is 24.3 Å². The van der Waals surface area contributed by atoms with Crippen LogP contribution in [-0.2, 0) is 6.42 Å². The molecule has 3 rings (SSSR count). The Bertz CT molecular complexity index is 541. The van der Waals surface area contributed by atoms with Crippen LogP contribution in [0.15, 0.2) is 48.7 Å². The third-order valence-corrected chi connectivity index (χ3v) is 3.61. The average Bonchev–Trinajstić information content (AvgIpc) is 2.47. The minimum absolute atomic E-state index is 0.131. The van der Waals surface area contributed by atoms with Gasteiger partial charge in [0.2, 0.25) is 0 Å². The fourth-order valence-corrected chi connectivity index (χ4v) is 2.64. The molecular weight excluding hydrogens is 238 g/mol. The third kappa shape index (κ3) is 2.61. The van der Waals surface area contributed by atoms with Crippen molar-refractivity contribution >= 4 is 0 Å². The molecule has 0 saturated carbocycles. The van der Waals surface area contributed by atoms with Crippen LogP contribution in [0.5, 0.6) is 5.75 Å². The number of aromatic nitrogens is 1. The van der Waals surface area contributed by atoms with Crippen LogP contribution in [0, 0.1) is 0 Å². The van der Waals surface area contributed by atoms with Crippen molar-refractivity contribution in [1.29, 1.82) is 0 Å². The largest absolute Gasteiger partial charge is 0.493 e. The van der Waals surface area contributed by atoms with E-state index in [9.17, 15) is 5.11 Å². The second-order valence-corrected chi connectivity index (χ2v) is 4.87. The molecular formula is C16H17NO2. The minimum Gasteiger partial charge on any atom is -0.493 e. The van der Waals surface area contributed by atoms with Gasteiger partial charge >= 0.3 is 0 Å². The van der Waals surface area contributed by atoms with Crippen molar-refractivity contribution < 1.29 is 9.84 Å². The van der Waals surface area contributed by atoms with Crippen LogP contribution in [0.1, 0.15) is 23.6 Å². The van der Waals surface area contributed by atoms with Crippen LogP contribution in [0.3, 0.4) is 0 Å². The average molecular weight is 255 g/mol. The number of nitrogens with zero attached hydrogens (tertiary/aromatic N) is 1. The van der Waals surface area contributed by atoms with E-state index < -0.39 is 6.10 Å². The number of benzene rings is 1. The molecule has 1 aromatic carbocycles. The molecule has 0 radical (unpaired) electrons. The summed E-state index contributed by atoms with van der Waals surface area (Å²) >= 11 is 0. The fourth-order valence-electron chi connectivity index (χ4n) is 2.64. The maximum Gasteiger partial charge on any atom is 0.122 e. The molecule has 0 saturated heterocycles. The van der Waals surface area contributed by atoms with Crippen molar-refractivity contribution in [2.75, 3.05) is 6.61 Å². The Balaban J connectivity index is 1.80. The molecule has 0 spiro atoms. The highest BCUT2D eigenvalue weighted by atomic mass is 16.5. The Morgan fingerprint density at radius 3 is 2.89 bits per heavy atom. The molecule has 0 amide bonds. The standard InChI is InChI=1S/C16H17NO2/c18-15(11-12-5-3-4-9-17-12)13-8-10-19-16-7-2-1-6-14(13)16/h1-7,9,13,15,18H,8,10-11H2. The zero-order valence-electron chi connectivity index (χ0n) is 10.7. The summed E-state index contributed by atoms with van der Waals surface area (Å²) in [6.45, 7) is 0.668. The van der Waals surface area contributed by atoms with E-state index in [1.165, 1.54) is 0 Å². The number of para-hydroxylation sites is 1. The molecule has 98 valence electrons. The van der Waals surface area contributed by atoms with Gasteiger partial charge in [0.1, 0.15) is 5.75 Å². The molecule has 1 aromatic heterocycles. The molecule has 0 fully saturated rings. The van der Waals surface area contributed by atoms with Gasteiger partial charge in [-0.3, -0.25) is 4.98 Å². The summed E-state index contributed by atoms with van der Waals surface area (Å²) in [5.41, 5.74) is 2.04. The molecule has 0 aliphatic carbocycles. The summed E-state index contributed by atoms with van der Waals surface area (Å²) < 4.78 is 5.63. The Morgan fingerprint density at radius 1 is 1.21 bits per heavy atom. The Labute approximate surface area is 112 Å². The van der Waals surface area contributed by atoms with Crippen LogP contribution < -0.4 is 4.74 Å². The normalized spacial score (nSPS) is 19.3. The number of pyridine rings is 1. The topological polar surface area (TPSA) is 42.4 Å². The molecule has 2 unspecified atom stereocenters. The molecule has 2 atom stereocenters. The molecule has 1 aliphatic heterocycles. The SMILES string of the molecule is OC(Cc1ccccn1)C1CCOc2ccccc21. The monoisotopic (exact) mass is 255 g/mol. The highest BCUT2D eigenvalue weighted by Crippen LogP contribution is 2.36. The Hall–Kier alpha value is -1.87. The maximum absolute atomic E-state index is 10.5. The van der Waals surface area contributed by atoms with E-state index in [1.54, 1.807) is 6.20 Å². The number of ether oxygens (including phenoxy) is 1. The van der Waals surface area contributed by atoms with Crippen molar-refractivity contribution in [3.8, 4) is 5.75 Å².